The molecule has 1 aromatic heterocycles. The average molecular weight is 417 g/mol. The SMILES string of the molecule is CCN(c1ccc(C)cc1)c1ccc2c(c1)CN(C)[C@@H]2CNc1cnccc1C(=O)O. The molecule has 0 saturated heterocycles. The maximum atomic E-state index is 11.5. The molecule has 1 aliphatic heterocycles. The van der Waals surface area contributed by atoms with Crippen LogP contribution in [0.4, 0.5) is 17.1 Å². The number of pyridine rings is 1. The Morgan fingerprint density at radius 1 is 1.19 bits per heavy atom. The molecule has 0 fully saturated rings. The number of carboxylic acids is 1. The number of hydrogen-bond donors (Lipinski definition) is 2. The van der Waals surface area contributed by atoms with E-state index in [2.05, 4.69) is 83.5 Å². The minimum Gasteiger partial charge on any atom is -0.478 e. The third-order valence-corrected chi connectivity index (χ3v) is 5.95. The number of benzene rings is 2. The van der Waals surface area contributed by atoms with Crippen molar-refractivity contribution >= 4 is 23.0 Å². The Morgan fingerprint density at radius 3 is 2.65 bits per heavy atom. The molecule has 2 aromatic carbocycles. The molecule has 2 heterocycles. The number of fused-ring (bicyclic) bond motifs is 1. The van der Waals surface area contributed by atoms with Crippen molar-refractivity contribution in [3.8, 4) is 0 Å². The van der Waals surface area contributed by atoms with Crippen molar-refractivity contribution in [1.29, 1.82) is 0 Å². The van der Waals surface area contributed by atoms with Crippen molar-refractivity contribution in [3.05, 3.63) is 83.2 Å². The number of anilines is 3. The van der Waals surface area contributed by atoms with E-state index in [1.165, 1.54) is 40.3 Å². The van der Waals surface area contributed by atoms with Crippen LogP contribution in [0.2, 0.25) is 0 Å². The number of aromatic carboxylic acids is 1. The Kier molecular flexibility index (Phi) is 5.91. The predicted octanol–water partition coefficient (Wildman–Crippen LogP) is 4.84. The highest BCUT2D eigenvalue weighted by molar-refractivity contribution is 5.93. The third-order valence-electron chi connectivity index (χ3n) is 5.95. The van der Waals surface area contributed by atoms with Gasteiger partial charge in [-0.05, 0) is 62.4 Å². The van der Waals surface area contributed by atoms with Crippen molar-refractivity contribution in [3.63, 3.8) is 0 Å². The summed E-state index contributed by atoms with van der Waals surface area (Å²) in [6.45, 7) is 6.63. The molecule has 0 radical (unpaired) electrons. The smallest absolute Gasteiger partial charge is 0.337 e. The third kappa shape index (κ3) is 4.25. The molecule has 2 N–H and O–H groups in total. The molecule has 0 aliphatic carbocycles. The van der Waals surface area contributed by atoms with E-state index in [1.807, 2.05) is 0 Å². The fourth-order valence-corrected chi connectivity index (χ4v) is 4.27. The van der Waals surface area contributed by atoms with Gasteiger partial charge in [-0.15, -0.1) is 0 Å². The largest absolute Gasteiger partial charge is 0.478 e. The van der Waals surface area contributed by atoms with Gasteiger partial charge >= 0.3 is 5.97 Å². The summed E-state index contributed by atoms with van der Waals surface area (Å²) in [6, 6.07) is 17.0. The van der Waals surface area contributed by atoms with Gasteiger partial charge in [0, 0.05) is 37.2 Å². The fraction of sp³-hybridized carbons (Fsp3) is 0.280. The van der Waals surface area contributed by atoms with E-state index < -0.39 is 5.97 Å². The van der Waals surface area contributed by atoms with Gasteiger partial charge in [0.05, 0.1) is 23.5 Å². The molecule has 0 spiro atoms. The first-order valence-electron chi connectivity index (χ1n) is 10.6. The van der Waals surface area contributed by atoms with Gasteiger partial charge in [0.1, 0.15) is 0 Å². The molecule has 1 atom stereocenters. The average Bonchev–Trinajstić information content (AvgIpc) is 3.08. The van der Waals surface area contributed by atoms with Gasteiger partial charge in [-0.3, -0.25) is 9.88 Å². The minimum absolute atomic E-state index is 0.167. The fourth-order valence-electron chi connectivity index (χ4n) is 4.27. The molecule has 3 aromatic rings. The van der Waals surface area contributed by atoms with Crippen LogP contribution in [0.3, 0.4) is 0 Å². The van der Waals surface area contributed by atoms with Crippen LogP contribution in [0, 0.1) is 6.92 Å². The summed E-state index contributed by atoms with van der Waals surface area (Å²) in [5.41, 5.74) is 7.00. The summed E-state index contributed by atoms with van der Waals surface area (Å²) in [4.78, 5) is 20.1. The summed E-state index contributed by atoms with van der Waals surface area (Å²) < 4.78 is 0. The maximum absolute atomic E-state index is 11.5. The van der Waals surface area contributed by atoms with E-state index in [4.69, 9.17) is 0 Å². The lowest BCUT2D eigenvalue weighted by molar-refractivity contribution is 0.0697. The highest BCUT2D eigenvalue weighted by Gasteiger charge is 2.28. The maximum Gasteiger partial charge on any atom is 0.337 e. The molecule has 0 saturated carbocycles. The summed E-state index contributed by atoms with van der Waals surface area (Å²) in [7, 11) is 2.10. The van der Waals surface area contributed by atoms with Crippen molar-refractivity contribution in [1.82, 2.24) is 9.88 Å². The lowest BCUT2D eigenvalue weighted by atomic mass is 10.0. The molecule has 160 valence electrons. The quantitative estimate of drug-likeness (QED) is 0.574. The van der Waals surface area contributed by atoms with Crippen LogP contribution in [0.15, 0.2) is 60.9 Å². The van der Waals surface area contributed by atoms with Crippen LogP contribution in [0.5, 0.6) is 0 Å². The molecular formula is C25H28N4O2. The highest BCUT2D eigenvalue weighted by Crippen LogP contribution is 2.36. The van der Waals surface area contributed by atoms with Gasteiger partial charge in [0.25, 0.3) is 0 Å². The summed E-state index contributed by atoms with van der Waals surface area (Å²) >= 11 is 0. The zero-order chi connectivity index (χ0) is 22.0. The number of carboxylic acid groups (broad SMARTS) is 1. The standard InChI is InChI=1S/C25H28N4O2/c1-4-29(19-7-5-17(2)6-8-19)20-9-10-21-18(13-20)16-28(3)24(21)15-27-23-14-26-12-11-22(23)25(30)31/h5-14,24,27H,4,15-16H2,1-3H3,(H,30,31)/t24-/m1/s1. The molecule has 31 heavy (non-hydrogen) atoms. The zero-order valence-corrected chi connectivity index (χ0v) is 18.2. The second kappa shape index (κ2) is 8.78. The van der Waals surface area contributed by atoms with E-state index in [-0.39, 0.29) is 11.6 Å². The van der Waals surface area contributed by atoms with Crippen LogP contribution in [0.25, 0.3) is 0 Å². The molecule has 1 aliphatic rings. The van der Waals surface area contributed by atoms with E-state index in [0.29, 0.717) is 12.2 Å². The molecule has 0 unspecified atom stereocenters. The minimum atomic E-state index is -0.953. The van der Waals surface area contributed by atoms with Crippen molar-refractivity contribution in [2.45, 2.75) is 26.4 Å². The number of hydrogen-bond acceptors (Lipinski definition) is 5. The van der Waals surface area contributed by atoms with Gasteiger partial charge in [-0.25, -0.2) is 4.79 Å². The van der Waals surface area contributed by atoms with Crippen LogP contribution in [0.1, 0.15) is 40.0 Å². The zero-order valence-electron chi connectivity index (χ0n) is 18.2. The lowest BCUT2D eigenvalue weighted by Crippen LogP contribution is -2.24. The Labute approximate surface area is 183 Å². The molecule has 6 heteroatoms. The Balaban J connectivity index is 1.55. The number of aryl methyl sites for hydroxylation is 1. The van der Waals surface area contributed by atoms with E-state index >= 15 is 0 Å². The number of nitrogens with one attached hydrogen (secondary N) is 1. The lowest BCUT2D eigenvalue weighted by Gasteiger charge is -2.24. The Bertz CT molecular complexity index is 1080. The summed E-state index contributed by atoms with van der Waals surface area (Å²) in [5, 5.41) is 12.7. The number of rotatable bonds is 7. The normalized spacial score (nSPS) is 15.5. The Morgan fingerprint density at radius 2 is 1.94 bits per heavy atom. The predicted molar refractivity (Wildman–Crippen MR) is 124 cm³/mol. The van der Waals surface area contributed by atoms with Crippen LogP contribution in [-0.2, 0) is 6.54 Å². The number of carbonyl (C=O) groups is 1. The second-order valence-corrected chi connectivity index (χ2v) is 8.00. The highest BCUT2D eigenvalue weighted by atomic mass is 16.4. The molecule has 0 amide bonds. The van der Waals surface area contributed by atoms with E-state index in [1.54, 1.807) is 6.20 Å². The summed E-state index contributed by atoms with van der Waals surface area (Å²) in [6.07, 6.45) is 3.07. The van der Waals surface area contributed by atoms with Gasteiger partial charge in [0.15, 0.2) is 0 Å². The van der Waals surface area contributed by atoms with Crippen LogP contribution < -0.4 is 10.2 Å². The first-order chi connectivity index (χ1) is 15.0. The first-order valence-corrected chi connectivity index (χ1v) is 10.6. The summed E-state index contributed by atoms with van der Waals surface area (Å²) in [5.74, 6) is -0.953. The Hall–Kier alpha value is -3.38. The second-order valence-electron chi connectivity index (χ2n) is 8.00. The molecular weight excluding hydrogens is 388 g/mol. The van der Waals surface area contributed by atoms with Crippen molar-refractivity contribution < 1.29 is 9.90 Å². The molecule has 6 nitrogen and oxygen atoms in total. The van der Waals surface area contributed by atoms with Crippen LogP contribution >= 0.6 is 0 Å². The molecule has 0 bridgehead atoms. The van der Waals surface area contributed by atoms with Gasteiger partial charge in [-0.1, -0.05) is 23.8 Å². The number of likely N-dealkylation sites (N-methyl/N-ethyl adjacent to an activating group) is 1. The monoisotopic (exact) mass is 416 g/mol. The van der Waals surface area contributed by atoms with Gasteiger partial charge in [-0.2, -0.15) is 0 Å². The van der Waals surface area contributed by atoms with Gasteiger partial charge < -0.3 is 15.3 Å². The van der Waals surface area contributed by atoms with E-state index in [0.717, 1.165) is 13.1 Å². The topological polar surface area (TPSA) is 68.7 Å². The first kappa shape index (κ1) is 20.9. The van der Waals surface area contributed by atoms with Gasteiger partial charge in [0.2, 0.25) is 0 Å². The van der Waals surface area contributed by atoms with E-state index in [9.17, 15) is 9.90 Å². The number of aromatic nitrogens is 1. The molecule has 4 rings (SSSR count). The van der Waals surface area contributed by atoms with Crippen molar-refractivity contribution in [2.75, 3.05) is 30.4 Å². The van der Waals surface area contributed by atoms with Crippen LogP contribution in [-0.4, -0.2) is 41.1 Å². The van der Waals surface area contributed by atoms with Crippen molar-refractivity contribution in [2.24, 2.45) is 0 Å². The number of nitrogens with zero attached hydrogens (tertiary/aromatic N) is 3.